The van der Waals surface area contributed by atoms with Crippen molar-refractivity contribution in [2.45, 2.75) is 0 Å². The molecule has 27 heavy (non-hydrogen) atoms. The van der Waals surface area contributed by atoms with Gasteiger partial charge in [-0.3, -0.25) is 4.79 Å². The number of aromatic amines is 1. The lowest BCUT2D eigenvalue weighted by molar-refractivity contribution is 0.394. The van der Waals surface area contributed by atoms with Gasteiger partial charge in [0.1, 0.15) is 16.8 Å². The quantitative estimate of drug-likeness (QED) is 0.657. The van der Waals surface area contributed by atoms with Gasteiger partial charge >= 0.3 is 0 Å². The highest BCUT2D eigenvalue weighted by Crippen LogP contribution is 2.43. The van der Waals surface area contributed by atoms with Gasteiger partial charge in [0.2, 0.25) is 0 Å². The number of H-pyrrole nitrogens is 1. The first-order chi connectivity index (χ1) is 13.0. The van der Waals surface area contributed by atoms with E-state index in [1.54, 1.807) is 30.3 Å². The van der Waals surface area contributed by atoms with Gasteiger partial charge in [-0.2, -0.15) is 5.26 Å². The van der Waals surface area contributed by atoms with Crippen molar-refractivity contribution in [3.05, 3.63) is 62.1 Å². The van der Waals surface area contributed by atoms with E-state index >= 15 is 0 Å². The van der Waals surface area contributed by atoms with Crippen molar-refractivity contribution in [2.75, 3.05) is 14.2 Å². The molecule has 0 spiro atoms. The molecule has 0 unspecified atom stereocenters. The van der Waals surface area contributed by atoms with E-state index in [1.807, 2.05) is 6.07 Å². The second-order valence-electron chi connectivity index (χ2n) is 5.43. The summed E-state index contributed by atoms with van der Waals surface area (Å²) in [5.41, 5.74) is 0.707. The Morgan fingerprint density at radius 2 is 1.93 bits per heavy atom. The summed E-state index contributed by atoms with van der Waals surface area (Å²) in [7, 11) is 2.88. The molecule has 1 aromatic heterocycles. The zero-order valence-electron chi connectivity index (χ0n) is 14.3. The molecule has 3 aromatic rings. The Hall–Kier alpha value is -3.01. The van der Waals surface area contributed by atoms with Gasteiger partial charge < -0.3 is 14.5 Å². The minimum atomic E-state index is -0.338. The van der Waals surface area contributed by atoms with Gasteiger partial charge in [-0.25, -0.2) is 4.98 Å². The van der Waals surface area contributed by atoms with Crippen LogP contribution in [0.3, 0.4) is 0 Å². The van der Waals surface area contributed by atoms with Crippen LogP contribution in [0, 0.1) is 11.3 Å². The van der Waals surface area contributed by atoms with Crippen LogP contribution in [0.25, 0.3) is 22.6 Å². The molecular weight excluding hydrogens is 389 g/mol. The molecule has 8 heteroatoms. The number of halogens is 2. The van der Waals surface area contributed by atoms with E-state index in [4.69, 9.17) is 32.7 Å². The Kier molecular flexibility index (Phi) is 5.36. The average molecular weight is 402 g/mol. The maximum Gasteiger partial charge on any atom is 0.259 e. The second kappa shape index (κ2) is 7.70. The van der Waals surface area contributed by atoms with Gasteiger partial charge in [-0.05, 0) is 24.3 Å². The fraction of sp³-hybridized carbons (Fsp3) is 0.105. The highest BCUT2D eigenvalue weighted by Gasteiger charge is 2.18. The van der Waals surface area contributed by atoms with Crippen molar-refractivity contribution in [3.63, 3.8) is 0 Å². The van der Waals surface area contributed by atoms with Crippen molar-refractivity contribution in [1.82, 2.24) is 9.97 Å². The molecule has 0 aliphatic heterocycles. The van der Waals surface area contributed by atoms with E-state index in [1.165, 1.54) is 20.3 Å². The molecule has 0 atom stereocenters. The molecule has 0 saturated heterocycles. The Labute approximate surface area is 164 Å². The summed E-state index contributed by atoms with van der Waals surface area (Å²) in [5, 5.41) is 10.5. The number of hydrogen-bond donors (Lipinski definition) is 1. The number of fused-ring (bicyclic) bond motifs is 1. The topological polar surface area (TPSA) is 88.0 Å². The minimum absolute atomic E-state index is 0.119. The first-order valence-electron chi connectivity index (χ1n) is 7.71. The first kappa shape index (κ1) is 18.8. The van der Waals surface area contributed by atoms with Gasteiger partial charge in [0.25, 0.3) is 5.56 Å². The molecule has 136 valence electrons. The molecule has 0 aliphatic rings. The van der Waals surface area contributed by atoms with Crippen LogP contribution >= 0.6 is 23.2 Å². The largest absolute Gasteiger partial charge is 0.494 e. The van der Waals surface area contributed by atoms with Crippen molar-refractivity contribution < 1.29 is 9.47 Å². The van der Waals surface area contributed by atoms with Crippen LogP contribution in [0.4, 0.5) is 0 Å². The van der Waals surface area contributed by atoms with Crippen molar-refractivity contribution in [1.29, 1.82) is 5.26 Å². The van der Waals surface area contributed by atoms with E-state index in [0.29, 0.717) is 16.5 Å². The number of allylic oxidation sites excluding steroid dienone is 1. The average Bonchev–Trinajstić information content (AvgIpc) is 2.66. The van der Waals surface area contributed by atoms with E-state index in [2.05, 4.69) is 9.97 Å². The molecule has 0 radical (unpaired) electrons. The van der Waals surface area contributed by atoms with Crippen LogP contribution in [-0.2, 0) is 0 Å². The number of para-hydroxylation sites is 1. The lowest BCUT2D eigenvalue weighted by Gasteiger charge is -2.13. The number of hydrogen-bond acceptors (Lipinski definition) is 5. The molecule has 3 rings (SSSR count). The fourth-order valence-electron chi connectivity index (χ4n) is 2.63. The van der Waals surface area contributed by atoms with Gasteiger partial charge in [0.05, 0.1) is 35.7 Å². The Bertz CT molecular complexity index is 1160. The summed E-state index contributed by atoms with van der Waals surface area (Å²) in [6.45, 7) is 0. The molecule has 0 amide bonds. The second-order valence-corrected chi connectivity index (χ2v) is 6.21. The molecule has 6 nitrogen and oxygen atoms in total. The van der Waals surface area contributed by atoms with Crippen LogP contribution in [0.15, 0.2) is 35.1 Å². The van der Waals surface area contributed by atoms with Crippen molar-refractivity contribution in [2.24, 2.45) is 0 Å². The number of nitrogens with zero attached hydrogens (tertiary/aromatic N) is 2. The van der Waals surface area contributed by atoms with Crippen molar-refractivity contribution in [3.8, 4) is 17.6 Å². The number of benzene rings is 2. The van der Waals surface area contributed by atoms with E-state index < -0.39 is 0 Å². The Balaban J connectivity index is 2.22. The third-order valence-electron chi connectivity index (χ3n) is 3.86. The third kappa shape index (κ3) is 3.47. The molecule has 0 bridgehead atoms. The molecule has 2 aromatic carbocycles. The lowest BCUT2D eigenvalue weighted by atomic mass is 10.1. The highest BCUT2D eigenvalue weighted by molar-refractivity contribution is 6.38. The predicted molar refractivity (Wildman–Crippen MR) is 105 cm³/mol. The summed E-state index contributed by atoms with van der Waals surface area (Å²) < 4.78 is 10.5. The summed E-state index contributed by atoms with van der Waals surface area (Å²) in [6, 6.07) is 10.5. The number of aromatic nitrogens is 2. The zero-order chi connectivity index (χ0) is 19.6. The highest BCUT2D eigenvalue weighted by atomic mass is 35.5. The Morgan fingerprint density at radius 3 is 2.59 bits per heavy atom. The monoisotopic (exact) mass is 401 g/mol. The maximum absolute atomic E-state index is 12.3. The molecule has 0 saturated carbocycles. The lowest BCUT2D eigenvalue weighted by Crippen LogP contribution is -2.11. The molecule has 0 fully saturated rings. The zero-order valence-corrected chi connectivity index (χ0v) is 15.9. The molecule has 0 aliphatic carbocycles. The summed E-state index contributed by atoms with van der Waals surface area (Å²) in [5.74, 6) is 0.684. The summed E-state index contributed by atoms with van der Waals surface area (Å²) in [4.78, 5) is 19.3. The molecule has 1 heterocycles. The normalized spacial score (nSPS) is 11.3. The van der Waals surface area contributed by atoms with Crippen LogP contribution in [0.5, 0.6) is 11.5 Å². The van der Waals surface area contributed by atoms with Crippen molar-refractivity contribution >= 4 is 45.8 Å². The number of nitrogens with one attached hydrogen (secondary N) is 1. The number of methoxy groups -OCH3 is 2. The maximum atomic E-state index is 12.3. The standard InChI is InChI=1S/C19H13Cl2N3O3/c1-26-16-10(8-13(20)17(27-2)15(16)21)7-11(9-22)18-23-14-6-4-3-5-12(14)19(25)24-18/h3-8H,1-2H3,(H,23,24,25)/b11-7-. The summed E-state index contributed by atoms with van der Waals surface area (Å²) in [6.07, 6.45) is 1.49. The number of nitriles is 1. The van der Waals surface area contributed by atoms with E-state index in [-0.39, 0.29) is 38.5 Å². The summed E-state index contributed by atoms with van der Waals surface area (Å²) >= 11 is 12.5. The third-order valence-corrected chi connectivity index (χ3v) is 4.48. The fourth-order valence-corrected chi connectivity index (χ4v) is 3.33. The van der Waals surface area contributed by atoms with Gasteiger partial charge in [-0.1, -0.05) is 35.3 Å². The number of ether oxygens (including phenoxy) is 2. The van der Waals surface area contributed by atoms with Crippen LogP contribution in [0.2, 0.25) is 10.0 Å². The van der Waals surface area contributed by atoms with E-state index in [9.17, 15) is 10.1 Å². The molecule has 1 N–H and O–H groups in total. The van der Waals surface area contributed by atoms with E-state index in [0.717, 1.165) is 0 Å². The smallest absolute Gasteiger partial charge is 0.259 e. The Morgan fingerprint density at radius 1 is 1.22 bits per heavy atom. The van der Waals surface area contributed by atoms with Crippen LogP contribution in [0.1, 0.15) is 11.4 Å². The predicted octanol–water partition coefficient (Wildman–Crippen LogP) is 4.31. The van der Waals surface area contributed by atoms with Gasteiger partial charge in [0.15, 0.2) is 11.6 Å². The van der Waals surface area contributed by atoms with Crippen LogP contribution in [-0.4, -0.2) is 24.2 Å². The number of rotatable bonds is 4. The molecular formula is C19H13Cl2N3O3. The minimum Gasteiger partial charge on any atom is -0.494 e. The van der Waals surface area contributed by atoms with Crippen LogP contribution < -0.4 is 15.0 Å². The van der Waals surface area contributed by atoms with Gasteiger partial charge in [-0.15, -0.1) is 0 Å². The SMILES string of the molecule is COc1c(Cl)cc(/C=C(/C#N)c2nc3ccccc3c(=O)[nH]2)c(OC)c1Cl. The first-order valence-corrected chi connectivity index (χ1v) is 8.47. The van der Waals surface area contributed by atoms with Gasteiger partial charge in [0, 0.05) is 5.56 Å².